The van der Waals surface area contributed by atoms with Crippen LogP contribution in [0, 0.1) is 0 Å². The van der Waals surface area contributed by atoms with Crippen molar-refractivity contribution in [3.05, 3.63) is 150 Å². The molecule has 0 fully saturated rings. The number of benzene rings is 4. The Hall–Kier alpha value is -5.90. The maximum atomic E-state index is 14.1. The van der Waals surface area contributed by atoms with Crippen molar-refractivity contribution in [2.45, 2.75) is 77.1 Å². The van der Waals surface area contributed by atoms with E-state index < -0.39 is 41.2 Å². The average Bonchev–Trinajstić information content (AvgIpc) is 3.16. The highest BCUT2D eigenvalue weighted by Crippen LogP contribution is 2.37. The van der Waals surface area contributed by atoms with E-state index in [2.05, 4.69) is 16.0 Å². The van der Waals surface area contributed by atoms with Gasteiger partial charge in [-0.3, -0.25) is 9.59 Å². The lowest BCUT2D eigenvalue weighted by atomic mass is 9.77. The number of rotatable bonds is 17. The minimum absolute atomic E-state index is 0.0184. The first-order chi connectivity index (χ1) is 25.9. The first-order valence-corrected chi connectivity index (χ1v) is 18.3. The van der Waals surface area contributed by atoms with Crippen molar-refractivity contribution in [1.29, 1.82) is 0 Å². The van der Waals surface area contributed by atoms with Crippen molar-refractivity contribution in [3.63, 3.8) is 0 Å². The molecule has 0 aliphatic rings. The zero-order chi connectivity index (χ0) is 39.0. The molecule has 2 atom stereocenters. The molecule has 10 heteroatoms. The fraction of sp³-hybridized carbons (Fsp3) is 0.318. The SMILES string of the molecule is CCOC(=O)/C=C/[C@H](CCC(=O)NC(c1ccccc1)(c1ccccc1)c1ccccc1)NC(=O)[C@H](Cc1ccc(OCC)cc1)NC(=O)OC(C)(C)C. The molecule has 3 amide bonds. The summed E-state index contributed by atoms with van der Waals surface area (Å²) < 4.78 is 16.1. The van der Waals surface area contributed by atoms with Crippen molar-refractivity contribution in [3.8, 4) is 5.75 Å². The fourth-order valence-electron chi connectivity index (χ4n) is 6.01. The number of esters is 1. The monoisotopic (exact) mass is 733 g/mol. The second-order valence-corrected chi connectivity index (χ2v) is 13.6. The third-order valence-electron chi connectivity index (χ3n) is 8.39. The van der Waals surface area contributed by atoms with Crippen molar-refractivity contribution in [2.75, 3.05) is 13.2 Å². The summed E-state index contributed by atoms with van der Waals surface area (Å²) in [7, 11) is 0. The second kappa shape index (κ2) is 19.8. The number of hydrogen-bond acceptors (Lipinski definition) is 7. The molecule has 0 aliphatic carbocycles. The summed E-state index contributed by atoms with van der Waals surface area (Å²) in [6.07, 6.45) is 2.23. The quantitative estimate of drug-likeness (QED) is 0.0604. The summed E-state index contributed by atoms with van der Waals surface area (Å²) in [6.45, 7) is 9.47. The van der Waals surface area contributed by atoms with Gasteiger partial charge in [0, 0.05) is 25.0 Å². The van der Waals surface area contributed by atoms with Gasteiger partial charge in [0.25, 0.3) is 0 Å². The van der Waals surface area contributed by atoms with Gasteiger partial charge in [0.2, 0.25) is 11.8 Å². The summed E-state index contributed by atoms with van der Waals surface area (Å²) in [6, 6.07) is 34.7. The number of alkyl carbamates (subject to hydrolysis) is 1. The van der Waals surface area contributed by atoms with E-state index in [0.717, 1.165) is 22.3 Å². The number of ether oxygens (including phenoxy) is 3. The van der Waals surface area contributed by atoms with Crippen LogP contribution in [0.3, 0.4) is 0 Å². The molecule has 4 aromatic rings. The smallest absolute Gasteiger partial charge is 0.408 e. The van der Waals surface area contributed by atoms with Crippen molar-refractivity contribution in [1.82, 2.24) is 16.0 Å². The molecule has 0 saturated carbocycles. The molecule has 0 spiro atoms. The van der Waals surface area contributed by atoms with Gasteiger partial charge in [-0.25, -0.2) is 9.59 Å². The van der Waals surface area contributed by atoms with Gasteiger partial charge in [-0.1, -0.05) is 109 Å². The van der Waals surface area contributed by atoms with Crippen LogP contribution in [0.15, 0.2) is 127 Å². The average molecular weight is 734 g/mol. The van der Waals surface area contributed by atoms with Crippen LogP contribution in [0.2, 0.25) is 0 Å². The zero-order valence-electron chi connectivity index (χ0n) is 31.7. The molecule has 284 valence electrons. The standard InChI is InChI=1S/C44H51N3O7/c1-6-52-37-27-23-32(24-28-37)31-38(46-42(51)54-43(3,4)5)41(50)45-36(26-30-40(49)53-7-2)25-29-39(48)47-44(33-17-11-8-12-18-33,34-19-13-9-14-20-34)35-21-15-10-16-22-35/h8-24,26-28,30,36,38H,6-7,25,29,31H2,1-5H3,(H,45,50)(H,46,51)(H,47,48)/b30-26+/t36-,38-/m0/s1. The predicted molar refractivity (Wildman–Crippen MR) is 209 cm³/mol. The molecule has 0 radical (unpaired) electrons. The highest BCUT2D eigenvalue weighted by Gasteiger charge is 2.38. The number of carbonyl (C=O) groups is 4. The summed E-state index contributed by atoms with van der Waals surface area (Å²) in [4.78, 5) is 53.4. The van der Waals surface area contributed by atoms with Gasteiger partial charge in [-0.05, 0) is 75.4 Å². The molecule has 4 aromatic carbocycles. The van der Waals surface area contributed by atoms with Crippen LogP contribution in [0.5, 0.6) is 5.75 Å². The minimum Gasteiger partial charge on any atom is -0.494 e. The molecule has 0 aromatic heterocycles. The Kier molecular flexibility index (Phi) is 15.0. The molecule has 0 aliphatic heterocycles. The third kappa shape index (κ3) is 12.1. The summed E-state index contributed by atoms with van der Waals surface area (Å²) in [5, 5.41) is 8.98. The van der Waals surface area contributed by atoms with Crippen LogP contribution in [0.25, 0.3) is 0 Å². The van der Waals surface area contributed by atoms with E-state index in [1.54, 1.807) is 39.8 Å². The lowest BCUT2D eigenvalue weighted by molar-refractivity contribution is -0.137. The van der Waals surface area contributed by atoms with Crippen LogP contribution in [-0.4, -0.2) is 54.8 Å². The van der Waals surface area contributed by atoms with Crippen LogP contribution < -0.4 is 20.7 Å². The number of carbonyl (C=O) groups excluding carboxylic acids is 4. The molecular weight excluding hydrogens is 682 g/mol. The first kappa shape index (κ1) is 40.9. The normalized spacial score (nSPS) is 12.6. The summed E-state index contributed by atoms with van der Waals surface area (Å²) in [5.41, 5.74) is 1.55. The van der Waals surface area contributed by atoms with Gasteiger partial charge >= 0.3 is 12.1 Å². The Labute approximate surface area is 318 Å². The molecule has 0 heterocycles. The molecule has 54 heavy (non-hydrogen) atoms. The Morgan fingerprint density at radius 2 is 1.24 bits per heavy atom. The summed E-state index contributed by atoms with van der Waals surface area (Å²) >= 11 is 0. The molecule has 10 nitrogen and oxygen atoms in total. The van der Waals surface area contributed by atoms with Gasteiger partial charge in [0.15, 0.2) is 0 Å². The topological polar surface area (TPSA) is 132 Å². The van der Waals surface area contributed by atoms with Crippen molar-refractivity contribution < 1.29 is 33.4 Å². The minimum atomic E-state index is -1.05. The van der Waals surface area contributed by atoms with Crippen LogP contribution in [0.1, 0.15) is 69.7 Å². The van der Waals surface area contributed by atoms with Gasteiger partial charge in [0.1, 0.15) is 22.9 Å². The molecule has 0 saturated heterocycles. The molecule has 3 N–H and O–H groups in total. The fourth-order valence-corrected chi connectivity index (χ4v) is 6.01. The van der Waals surface area contributed by atoms with E-state index in [4.69, 9.17) is 14.2 Å². The van der Waals surface area contributed by atoms with Gasteiger partial charge in [-0.2, -0.15) is 0 Å². The molecular formula is C44H51N3O7. The van der Waals surface area contributed by atoms with Gasteiger partial charge < -0.3 is 30.2 Å². The van der Waals surface area contributed by atoms with Crippen LogP contribution >= 0.6 is 0 Å². The predicted octanol–water partition coefficient (Wildman–Crippen LogP) is 7.01. The zero-order valence-corrected chi connectivity index (χ0v) is 31.7. The maximum Gasteiger partial charge on any atom is 0.408 e. The Morgan fingerprint density at radius 3 is 1.72 bits per heavy atom. The van der Waals surface area contributed by atoms with E-state index in [0.29, 0.717) is 12.4 Å². The first-order valence-electron chi connectivity index (χ1n) is 18.3. The van der Waals surface area contributed by atoms with E-state index in [-0.39, 0.29) is 31.8 Å². The third-order valence-corrected chi connectivity index (χ3v) is 8.39. The Morgan fingerprint density at radius 1 is 0.704 bits per heavy atom. The number of nitrogens with one attached hydrogen (secondary N) is 3. The Bertz CT molecular complexity index is 1730. The number of amides is 3. The van der Waals surface area contributed by atoms with Crippen LogP contribution in [-0.2, 0) is 35.8 Å². The van der Waals surface area contributed by atoms with Crippen molar-refractivity contribution >= 4 is 23.9 Å². The molecule has 0 bridgehead atoms. The lowest BCUT2D eigenvalue weighted by Crippen LogP contribution is -2.51. The molecule has 0 unspecified atom stereocenters. The highest BCUT2D eigenvalue weighted by molar-refractivity contribution is 5.87. The highest BCUT2D eigenvalue weighted by atomic mass is 16.6. The second-order valence-electron chi connectivity index (χ2n) is 13.6. The van der Waals surface area contributed by atoms with E-state index in [1.165, 1.54) is 12.2 Å². The number of hydrogen-bond donors (Lipinski definition) is 3. The lowest BCUT2D eigenvalue weighted by Gasteiger charge is -2.37. The maximum absolute atomic E-state index is 14.1. The van der Waals surface area contributed by atoms with E-state index in [9.17, 15) is 19.2 Å². The van der Waals surface area contributed by atoms with Crippen molar-refractivity contribution in [2.24, 2.45) is 0 Å². The van der Waals surface area contributed by atoms with E-state index >= 15 is 0 Å². The molecule has 4 rings (SSSR count). The van der Waals surface area contributed by atoms with E-state index in [1.807, 2.05) is 110 Å². The van der Waals surface area contributed by atoms with Gasteiger partial charge in [-0.15, -0.1) is 0 Å². The Balaban J connectivity index is 1.61. The van der Waals surface area contributed by atoms with Crippen LogP contribution in [0.4, 0.5) is 4.79 Å². The largest absolute Gasteiger partial charge is 0.494 e. The van der Waals surface area contributed by atoms with Gasteiger partial charge in [0.05, 0.1) is 13.2 Å². The summed E-state index contributed by atoms with van der Waals surface area (Å²) in [5.74, 6) is -0.718.